The molecule has 1 aromatic heterocycles. The molecule has 3 aromatic rings. The molecule has 0 radical (unpaired) electrons. The van der Waals surface area contributed by atoms with Crippen LogP contribution in [0.1, 0.15) is 23.0 Å². The van der Waals surface area contributed by atoms with Crippen molar-refractivity contribution in [3.63, 3.8) is 0 Å². The lowest BCUT2D eigenvalue weighted by Crippen LogP contribution is -2.41. The molecule has 1 atom stereocenters. The lowest BCUT2D eigenvalue weighted by Gasteiger charge is -2.22. The molecule has 26 heavy (non-hydrogen) atoms. The molecule has 2 aromatic carbocycles. The van der Waals surface area contributed by atoms with Crippen LogP contribution in [0.2, 0.25) is 0 Å². The first kappa shape index (κ1) is 16.1. The van der Waals surface area contributed by atoms with E-state index in [1.807, 2.05) is 42.5 Å². The van der Waals surface area contributed by atoms with Crippen molar-refractivity contribution in [3.8, 4) is 0 Å². The molecule has 6 nitrogen and oxygen atoms in total. The summed E-state index contributed by atoms with van der Waals surface area (Å²) >= 11 is 0. The first-order valence-corrected chi connectivity index (χ1v) is 8.29. The molecular formula is C20H17N3O3. The molecule has 1 fully saturated rings. The quantitative estimate of drug-likeness (QED) is 0.562. The van der Waals surface area contributed by atoms with Gasteiger partial charge in [-0.25, -0.2) is 4.79 Å². The van der Waals surface area contributed by atoms with Crippen molar-refractivity contribution in [1.82, 2.24) is 15.2 Å². The number of hydrogen-bond acceptors (Lipinski definition) is 3. The number of Topliss-reactive ketones (excluding diaryl/α,β-unsaturated/α-hetero) is 1. The number of rotatable bonds is 4. The molecule has 2 heterocycles. The number of urea groups is 1. The van der Waals surface area contributed by atoms with E-state index in [-0.39, 0.29) is 12.3 Å². The molecule has 130 valence electrons. The van der Waals surface area contributed by atoms with Gasteiger partial charge in [0.1, 0.15) is 5.54 Å². The number of imide groups is 1. The van der Waals surface area contributed by atoms with Gasteiger partial charge in [0.25, 0.3) is 5.91 Å². The Balaban J connectivity index is 1.65. The molecule has 3 amide bonds. The summed E-state index contributed by atoms with van der Waals surface area (Å²) in [4.78, 5) is 41.4. The van der Waals surface area contributed by atoms with Crippen molar-refractivity contribution in [3.05, 3.63) is 72.1 Å². The average Bonchev–Trinajstić information content (AvgIpc) is 3.25. The summed E-state index contributed by atoms with van der Waals surface area (Å²) in [5.41, 5.74) is -0.147. The third-order valence-electron chi connectivity index (χ3n) is 4.80. The first-order valence-electron chi connectivity index (χ1n) is 8.29. The van der Waals surface area contributed by atoms with Crippen LogP contribution in [-0.2, 0) is 10.3 Å². The molecule has 4 rings (SSSR count). The first-order chi connectivity index (χ1) is 12.5. The van der Waals surface area contributed by atoms with Crippen molar-refractivity contribution in [1.29, 1.82) is 0 Å². The number of hydrogen-bond donors (Lipinski definition) is 2. The van der Waals surface area contributed by atoms with E-state index < -0.39 is 17.5 Å². The minimum Gasteiger partial charge on any atom is -0.359 e. The van der Waals surface area contributed by atoms with Crippen molar-refractivity contribution in [2.24, 2.45) is 0 Å². The molecule has 0 spiro atoms. The van der Waals surface area contributed by atoms with E-state index in [9.17, 15) is 14.4 Å². The third-order valence-corrected chi connectivity index (χ3v) is 4.80. The van der Waals surface area contributed by atoms with E-state index in [4.69, 9.17) is 0 Å². The topological polar surface area (TPSA) is 82.3 Å². The Morgan fingerprint density at radius 3 is 2.54 bits per heavy atom. The van der Waals surface area contributed by atoms with E-state index in [2.05, 4.69) is 10.3 Å². The molecule has 1 aliphatic heterocycles. The Hall–Kier alpha value is -3.41. The summed E-state index contributed by atoms with van der Waals surface area (Å²) in [5.74, 6) is -0.751. The second kappa shape index (κ2) is 5.84. The molecular weight excluding hydrogens is 330 g/mol. The number of carbonyl (C=O) groups excluding carboxylic acids is 3. The second-order valence-corrected chi connectivity index (χ2v) is 6.52. The number of H-pyrrole nitrogens is 1. The van der Waals surface area contributed by atoms with E-state index in [1.165, 1.54) is 0 Å². The summed E-state index contributed by atoms with van der Waals surface area (Å²) in [6.45, 7) is 1.37. The monoisotopic (exact) mass is 347 g/mol. The number of aromatic amines is 1. The number of nitrogens with one attached hydrogen (secondary N) is 2. The third kappa shape index (κ3) is 2.47. The van der Waals surface area contributed by atoms with Crippen LogP contribution in [0.15, 0.2) is 60.8 Å². The summed E-state index contributed by atoms with van der Waals surface area (Å²) in [7, 11) is 0. The Morgan fingerprint density at radius 2 is 1.81 bits per heavy atom. The van der Waals surface area contributed by atoms with Crippen LogP contribution in [0, 0.1) is 0 Å². The summed E-state index contributed by atoms with van der Waals surface area (Å²) in [6, 6.07) is 16.2. The molecule has 0 aliphatic carbocycles. The van der Waals surface area contributed by atoms with E-state index in [1.54, 1.807) is 25.3 Å². The van der Waals surface area contributed by atoms with Crippen molar-refractivity contribution in [2.45, 2.75) is 12.5 Å². The minimum atomic E-state index is -1.20. The van der Waals surface area contributed by atoms with Crippen molar-refractivity contribution in [2.75, 3.05) is 6.54 Å². The highest BCUT2D eigenvalue weighted by atomic mass is 16.2. The highest BCUT2D eigenvalue weighted by molar-refractivity contribution is 6.11. The zero-order chi connectivity index (χ0) is 18.3. The van der Waals surface area contributed by atoms with Crippen LogP contribution < -0.4 is 5.32 Å². The SMILES string of the molecule is C[C@@]1(c2ccc3ccccc3c2)NC(=O)N(CC(=O)c2ccc[nH]2)C1=O. The maximum absolute atomic E-state index is 13.0. The summed E-state index contributed by atoms with van der Waals surface area (Å²) in [6.07, 6.45) is 1.62. The molecule has 0 unspecified atom stereocenters. The maximum Gasteiger partial charge on any atom is 0.325 e. The maximum atomic E-state index is 13.0. The van der Waals surface area contributed by atoms with Gasteiger partial charge >= 0.3 is 6.03 Å². The van der Waals surface area contributed by atoms with Gasteiger partial charge in [0.05, 0.1) is 12.2 Å². The Bertz CT molecular complexity index is 1030. The Kier molecular flexibility index (Phi) is 3.61. The van der Waals surface area contributed by atoms with Crippen LogP contribution in [0.3, 0.4) is 0 Å². The lowest BCUT2D eigenvalue weighted by atomic mass is 9.90. The molecule has 0 saturated carbocycles. The van der Waals surface area contributed by atoms with Crippen LogP contribution in [-0.4, -0.2) is 34.2 Å². The number of amides is 3. The normalized spacial score (nSPS) is 19.8. The Morgan fingerprint density at radius 1 is 1.04 bits per heavy atom. The number of nitrogens with zero attached hydrogens (tertiary/aromatic N) is 1. The van der Waals surface area contributed by atoms with Gasteiger partial charge < -0.3 is 10.3 Å². The van der Waals surface area contributed by atoms with Gasteiger partial charge in [-0.2, -0.15) is 0 Å². The predicted molar refractivity (Wildman–Crippen MR) is 96.7 cm³/mol. The number of aromatic nitrogens is 1. The molecule has 1 aliphatic rings. The fourth-order valence-electron chi connectivity index (χ4n) is 3.27. The predicted octanol–water partition coefficient (Wildman–Crippen LogP) is 2.82. The van der Waals surface area contributed by atoms with Crippen molar-refractivity contribution < 1.29 is 14.4 Å². The molecule has 1 saturated heterocycles. The van der Waals surface area contributed by atoms with Gasteiger partial charge in [0.15, 0.2) is 5.78 Å². The summed E-state index contributed by atoms with van der Waals surface area (Å²) in [5, 5.41) is 4.77. The van der Waals surface area contributed by atoms with Gasteiger partial charge in [-0.05, 0) is 41.5 Å². The summed E-state index contributed by atoms with van der Waals surface area (Å²) < 4.78 is 0. The van der Waals surface area contributed by atoms with Gasteiger partial charge in [-0.1, -0.05) is 36.4 Å². The number of benzene rings is 2. The van der Waals surface area contributed by atoms with Gasteiger partial charge in [-0.3, -0.25) is 14.5 Å². The Labute approximate surface area is 149 Å². The van der Waals surface area contributed by atoms with Gasteiger partial charge in [0, 0.05) is 6.20 Å². The van der Waals surface area contributed by atoms with Crippen LogP contribution in [0.25, 0.3) is 10.8 Å². The van der Waals surface area contributed by atoms with Gasteiger partial charge in [-0.15, -0.1) is 0 Å². The lowest BCUT2D eigenvalue weighted by molar-refractivity contribution is -0.130. The number of ketones is 1. The average molecular weight is 347 g/mol. The smallest absolute Gasteiger partial charge is 0.325 e. The van der Waals surface area contributed by atoms with Crippen LogP contribution in [0.5, 0.6) is 0 Å². The van der Waals surface area contributed by atoms with Crippen LogP contribution in [0.4, 0.5) is 4.79 Å². The number of fused-ring (bicyclic) bond motifs is 1. The second-order valence-electron chi connectivity index (χ2n) is 6.52. The van der Waals surface area contributed by atoms with Gasteiger partial charge in [0.2, 0.25) is 0 Å². The van der Waals surface area contributed by atoms with E-state index in [0.29, 0.717) is 11.3 Å². The number of carbonyl (C=O) groups is 3. The largest absolute Gasteiger partial charge is 0.359 e. The standard InChI is InChI=1S/C20H17N3O3/c1-20(15-9-8-13-5-2-3-6-14(13)11-15)18(25)23(19(26)22-20)12-17(24)16-7-4-10-21-16/h2-11,21H,12H2,1H3,(H,22,26)/t20-/m0/s1. The van der Waals surface area contributed by atoms with Crippen molar-refractivity contribution >= 4 is 28.5 Å². The molecule has 2 N–H and O–H groups in total. The fourth-order valence-corrected chi connectivity index (χ4v) is 3.27. The zero-order valence-corrected chi connectivity index (χ0v) is 14.2. The van der Waals surface area contributed by atoms with E-state index >= 15 is 0 Å². The van der Waals surface area contributed by atoms with Crippen LogP contribution >= 0.6 is 0 Å². The fraction of sp³-hybridized carbons (Fsp3) is 0.150. The zero-order valence-electron chi connectivity index (χ0n) is 14.2. The highest BCUT2D eigenvalue weighted by Gasteiger charge is 2.49. The molecule has 6 heteroatoms. The highest BCUT2D eigenvalue weighted by Crippen LogP contribution is 2.31. The molecule has 0 bridgehead atoms. The van der Waals surface area contributed by atoms with E-state index in [0.717, 1.165) is 15.7 Å². The minimum absolute atomic E-state index is 0.297.